The molecular formula is C33H43F4N7O7. The lowest BCUT2D eigenvalue weighted by Crippen LogP contribution is -2.48. The fourth-order valence-corrected chi connectivity index (χ4v) is 6.19. The van der Waals surface area contributed by atoms with Crippen LogP contribution < -0.4 is 25.3 Å². The molecule has 2 aromatic carbocycles. The highest BCUT2D eigenvalue weighted by Gasteiger charge is 2.35. The summed E-state index contributed by atoms with van der Waals surface area (Å²) in [5.74, 6) is -3.13. The van der Waals surface area contributed by atoms with Crippen molar-refractivity contribution in [1.29, 1.82) is 0 Å². The molecule has 4 amide bonds. The van der Waals surface area contributed by atoms with Gasteiger partial charge in [0, 0.05) is 90.1 Å². The maximum absolute atomic E-state index is 14.6. The molecule has 4 saturated heterocycles. The summed E-state index contributed by atoms with van der Waals surface area (Å²) in [7, 11) is 0. The zero-order chi connectivity index (χ0) is 36.3. The van der Waals surface area contributed by atoms with Gasteiger partial charge in [-0.1, -0.05) is 14.4 Å². The van der Waals surface area contributed by atoms with Crippen molar-refractivity contribution in [2.45, 2.75) is 39.9 Å². The molecule has 4 aliphatic heterocycles. The van der Waals surface area contributed by atoms with Gasteiger partial charge in [0.15, 0.2) is 23.3 Å². The van der Waals surface area contributed by atoms with Crippen molar-refractivity contribution in [3.63, 3.8) is 0 Å². The first-order valence-corrected chi connectivity index (χ1v) is 16.2. The Labute approximate surface area is 292 Å². The molecule has 0 bridgehead atoms. The molecule has 14 nitrogen and oxygen atoms in total. The van der Waals surface area contributed by atoms with Crippen molar-refractivity contribution in [1.82, 2.24) is 9.80 Å². The zero-order valence-corrected chi connectivity index (χ0v) is 27.6. The fraction of sp³-hybridized carbons (Fsp3) is 0.515. The second-order valence-corrected chi connectivity index (χ2v) is 12.1. The number of halogens is 4. The number of anilines is 4. The number of ether oxygens (including phenoxy) is 2. The van der Waals surface area contributed by atoms with Gasteiger partial charge in [-0.2, -0.15) is 0 Å². The number of carboxylic acid groups (broad SMARTS) is 1. The molecular weight excluding hydrogens is 682 g/mol. The topological polar surface area (TPSA) is 152 Å². The molecule has 0 aliphatic carbocycles. The number of cyclic esters (lactones) is 2. The van der Waals surface area contributed by atoms with E-state index in [0.29, 0.717) is 32.6 Å². The highest BCUT2D eigenvalue weighted by molar-refractivity contribution is 5.91. The quantitative estimate of drug-likeness (QED) is 0.418. The molecule has 2 aromatic rings. The van der Waals surface area contributed by atoms with E-state index >= 15 is 0 Å². The van der Waals surface area contributed by atoms with Crippen LogP contribution in [0.2, 0.25) is 0 Å². The van der Waals surface area contributed by atoms with Gasteiger partial charge in [0.1, 0.15) is 23.6 Å². The van der Waals surface area contributed by atoms with E-state index in [2.05, 4.69) is 0 Å². The number of rotatable bonds is 6. The summed E-state index contributed by atoms with van der Waals surface area (Å²) in [5.41, 5.74) is 5.32. The second-order valence-electron chi connectivity index (χ2n) is 12.1. The Morgan fingerprint density at radius 3 is 1.41 bits per heavy atom. The lowest BCUT2D eigenvalue weighted by molar-refractivity contribution is -0.129. The fourth-order valence-electron chi connectivity index (χ4n) is 6.19. The van der Waals surface area contributed by atoms with E-state index in [0.717, 1.165) is 29.2 Å². The smallest absolute Gasteiger partial charge is 0.414 e. The van der Waals surface area contributed by atoms with E-state index in [1.165, 1.54) is 21.6 Å². The minimum atomic E-state index is -1.06. The number of carbonyl (C=O) groups excluding carboxylic acids is 3. The van der Waals surface area contributed by atoms with Crippen LogP contribution in [0.1, 0.15) is 27.7 Å². The molecule has 0 radical (unpaired) electrons. The van der Waals surface area contributed by atoms with Crippen LogP contribution in [0.15, 0.2) is 24.3 Å². The molecule has 51 heavy (non-hydrogen) atoms. The normalized spacial score (nSPS) is 20.5. The van der Waals surface area contributed by atoms with Crippen molar-refractivity contribution in [2.75, 3.05) is 91.6 Å². The monoisotopic (exact) mass is 725 g/mol. The number of benzene rings is 2. The number of hydrogen-bond acceptors (Lipinski definition) is 9. The lowest BCUT2D eigenvalue weighted by Gasteiger charge is -2.36. The molecule has 4 fully saturated rings. The summed E-state index contributed by atoms with van der Waals surface area (Å²) in [4.78, 5) is 54.2. The number of carbonyl (C=O) groups is 4. The van der Waals surface area contributed by atoms with Gasteiger partial charge in [-0.25, -0.2) is 31.9 Å². The van der Waals surface area contributed by atoms with Crippen LogP contribution in [-0.2, 0) is 14.3 Å². The van der Waals surface area contributed by atoms with Crippen LogP contribution in [0.5, 0.6) is 0 Å². The summed E-state index contributed by atoms with van der Waals surface area (Å²) in [6.07, 6.45) is -2.48. The number of hydrogen-bond donors (Lipinski definition) is 2. The first-order chi connectivity index (χ1) is 23.8. The minimum absolute atomic E-state index is 0. The predicted molar refractivity (Wildman–Crippen MR) is 180 cm³/mol. The Kier molecular flexibility index (Phi) is 12.4. The van der Waals surface area contributed by atoms with Gasteiger partial charge >= 0.3 is 18.3 Å². The van der Waals surface area contributed by atoms with Crippen molar-refractivity contribution in [3.8, 4) is 0 Å². The third-order valence-electron chi connectivity index (χ3n) is 9.00. The van der Waals surface area contributed by atoms with E-state index in [-0.39, 0.29) is 88.0 Å². The number of nitrogens with two attached hydrogens (primary N) is 1. The van der Waals surface area contributed by atoms with E-state index in [1.54, 1.807) is 9.80 Å². The third-order valence-corrected chi connectivity index (χ3v) is 9.00. The Balaban J connectivity index is 0.000000224. The molecule has 18 heteroatoms. The van der Waals surface area contributed by atoms with Crippen LogP contribution in [0.4, 0.5) is 54.7 Å². The molecule has 280 valence electrons. The maximum Gasteiger partial charge on any atom is 0.414 e. The lowest BCUT2D eigenvalue weighted by atomic mass is 10.2. The molecule has 6 rings (SSSR count). The molecule has 0 spiro atoms. The molecule has 3 N–H and O–H groups in total. The first-order valence-electron chi connectivity index (χ1n) is 16.2. The van der Waals surface area contributed by atoms with Gasteiger partial charge in [0.05, 0.1) is 24.5 Å². The molecule has 4 aliphatic rings. The van der Waals surface area contributed by atoms with Crippen LogP contribution >= 0.6 is 0 Å². The molecule has 4 heterocycles. The zero-order valence-electron chi connectivity index (χ0n) is 27.6. The van der Waals surface area contributed by atoms with Crippen LogP contribution in [0, 0.1) is 23.3 Å². The molecule has 2 atom stereocenters. The summed E-state index contributed by atoms with van der Waals surface area (Å²) in [6.45, 7) is 6.14. The van der Waals surface area contributed by atoms with Gasteiger partial charge in [-0.15, -0.1) is 0 Å². The summed E-state index contributed by atoms with van der Waals surface area (Å²) >= 11 is 0. The average molecular weight is 726 g/mol. The molecule has 0 unspecified atom stereocenters. The van der Waals surface area contributed by atoms with Crippen LogP contribution in [0.25, 0.3) is 0 Å². The van der Waals surface area contributed by atoms with Gasteiger partial charge in [-0.3, -0.25) is 14.6 Å². The maximum atomic E-state index is 14.6. The van der Waals surface area contributed by atoms with Crippen molar-refractivity contribution in [3.05, 3.63) is 47.5 Å². The summed E-state index contributed by atoms with van der Waals surface area (Å²) in [5, 5.41) is 8.93. The number of piperazine rings is 2. The Hall–Kier alpha value is -5.00. The average Bonchev–Trinajstić information content (AvgIpc) is 3.66. The predicted octanol–water partition coefficient (Wildman–Crippen LogP) is 4.05. The Bertz CT molecular complexity index is 1460. The van der Waals surface area contributed by atoms with Crippen molar-refractivity contribution < 1.29 is 51.3 Å². The number of nitrogens with zero attached hydrogens (tertiary/aromatic N) is 6. The standard InChI is InChI=1S/C17H21F2N3O3.C15H18F2N4O4.CH4/c1-3-13-10-22(17(24)25-13)12-8-14(18)16(15(19)9-12)21-6-4-20(5-7-21)11(2)23;16-11-5-9(21-8-10(7-18)25-15(21)24)6-12(17)13(11)19-1-3-20(4-2-19)14(22)23;/h8-9,13H,3-7,10H2,1-2H3;5-6,10H,1-4,7-8,18H2,(H,22,23);1H4/t13-;10-;/m00./s1. The van der Waals surface area contributed by atoms with Crippen LogP contribution in [0.3, 0.4) is 0 Å². The second kappa shape index (κ2) is 16.3. The molecule has 0 saturated carbocycles. The largest absolute Gasteiger partial charge is 0.465 e. The minimum Gasteiger partial charge on any atom is -0.465 e. The van der Waals surface area contributed by atoms with E-state index in [9.17, 15) is 36.7 Å². The highest BCUT2D eigenvalue weighted by Crippen LogP contribution is 2.33. The van der Waals surface area contributed by atoms with E-state index in [4.69, 9.17) is 20.3 Å². The van der Waals surface area contributed by atoms with Crippen molar-refractivity contribution >= 4 is 46.9 Å². The van der Waals surface area contributed by atoms with Crippen molar-refractivity contribution in [2.24, 2.45) is 5.73 Å². The summed E-state index contributed by atoms with van der Waals surface area (Å²) < 4.78 is 68.2. The van der Waals surface area contributed by atoms with E-state index in [1.807, 2.05) is 6.92 Å². The van der Waals surface area contributed by atoms with E-state index < -0.39 is 47.7 Å². The van der Waals surface area contributed by atoms with Gasteiger partial charge in [0.2, 0.25) is 5.91 Å². The first kappa shape index (κ1) is 38.8. The third kappa shape index (κ3) is 8.49. The van der Waals surface area contributed by atoms with Gasteiger partial charge in [0.25, 0.3) is 0 Å². The Morgan fingerprint density at radius 2 is 1.10 bits per heavy atom. The van der Waals surface area contributed by atoms with Gasteiger partial charge in [-0.05, 0) is 6.42 Å². The van der Waals surface area contributed by atoms with Crippen LogP contribution in [-0.4, -0.2) is 123 Å². The van der Waals surface area contributed by atoms with Gasteiger partial charge < -0.3 is 39.9 Å². The molecule has 0 aromatic heterocycles. The Morgan fingerprint density at radius 1 is 0.725 bits per heavy atom. The number of amides is 4. The highest BCUT2D eigenvalue weighted by atomic mass is 19.1. The summed E-state index contributed by atoms with van der Waals surface area (Å²) in [6, 6.07) is 4.47. The SMILES string of the molecule is C.CC[C@H]1CN(c2cc(F)c(N3CCN(C(C)=O)CC3)c(F)c2)C(=O)O1.NC[C@H]1CN(c2cc(F)c(N3CCN(C(=O)O)CC3)c(F)c2)C(=O)O1.